The average Bonchev–Trinajstić information content (AvgIpc) is 2.50. The van der Waals surface area contributed by atoms with E-state index in [1.54, 1.807) is 26.1 Å². The zero-order valence-electron chi connectivity index (χ0n) is 12.4. The first kappa shape index (κ1) is 16.9. The molecule has 7 heteroatoms. The molecule has 0 radical (unpaired) electrons. The van der Waals surface area contributed by atoms with E-state index in [2.05, 4.69) is 5.32 Å². The fraction of sp³-hybridized carbons (Fsp3) is 0.500. The van der Waals surface area contributed by atoms with Gasteiger partial charge in [0.05, 0.1) is 18.6 Å². The van der Waals surface area contributed by atoms with Gasteiger partial charge in [0.2, 0.25) is 0 Å². The second-order valence-electron chi connectivity index (χ2n) is 4.78. The van der Waals surface area contributed by atoms with Gasteiger partial charge in [0.15, 0.2) is 0 Å². The number of nitro benzene ring substituents is 1. The number of esters is 1. The lowest BCUT2D eigenvalue weighted by molar-refractivity contribution is -0.384. The number of methoxy groups -OCH3 is 1. The van der Waals surface area contributed by atoms with Gasteiger partial charge in [-0.15, -0.1) is 0 Å². The molecule has 0 heterocycles. The summed E-state index contributed by atoms with van der Waals surface area (Å²) in [6.45, 7) is 2.18. The number of nitrogens with one attached hydrogen (secondary N) is 1. The molecule has 0 aliphatic carbocycles. The van der Waals surface area contributed by atoms with E-state index in [9.17, 15) is 14.9 Å². The van der Waals surface area contributed by atoms with Crippen molar-refractivity contribution in [1.82, 2.24) is 5.32 Å². The Bertz CT molecular complexity index is 489. The summed E-state index contributed by atoms with van der Waals surface area (Å²) in [5.74, 6) is 0.241. The molecule has 1 atom stereocenters. The molecule has 0 aliphatic rings. The minimum absolute atomic E-state index is 0.0239. The molecule has 0 saturated carbocycles. The van der Waals surface area contributed by atoms with Crippen LogP contribution in [0.5, 0.6) is 5.75 Å². The first-order chi connectivity index (χ1) is 9.92. The van der Waals surface area contributed by atoms with Crippen LogP contribution in [0.2, 0.25) is 0 Å². The number of non-ortho nitro benzene ring substituents is 1. The number of carbonyl (C=O) groups is 1. The second kappa shape index (κ2) is 7.58. The molecule has 7 nitrogen and oxygen atoms in total. The summed E-state index contributed by atoms with van der Waals surface area (Å²) >= 11 is 0. The van der Waals surface area contributed by atoms with E-state index in [0.29, 0.717) is 25.2 Å². The standard InChI is InChI=1S/C14H20N2O5/c1-14(15-2,13(17)20-3)9-4-10-21-12-7-5-11(6-8-12)16(18)19/h5-8,15H,4,9-10H2,1-3H3. The summed E-state index contributed by atoms with van der Waals surface area (Å²) in [5, 5.41) is 13.5. The molecular weight excluding hydrogens is 276 g/mol. The summed E-state index contributed by atoms with van der Waals surface area (Å²) < 4.78 is 10.2. The summed E-state index contributed by atoms with van der Waals surface area (Å²) in [5.41, 5.74) is -0.719. The number of rotatable bonds is 8. The first-order valence-corrected chi connectivity index (χ1v) is 6.57. The molecule has 0 amide bonds. The summed E-state index contributed by atoms with van der Waals surface area (Å²) in [4.78, 5) is 21.7. The van der Waals surface area contributed by atoms with Crippen LogP contribution in [0.25, 0.3) is 0 Å². The molecule has 1 aromatic carbocycles. The van der Waals surface area contributed by atoms with Gasteiger partial charge < -0.3 is 14.8 Å². The van der Waals surface area contributed by atoms with Gasteiger partial charge in [-0.2, -0.15) is 0 Å². The van der Waals surface area contributed by atoms with E-state index >= 15 is 0 Å². The molecule has 0 aromatic heterocycles. The van der Waals surface area contributed by atoms with Gasteiger partial charge in [-0.25, -0.2) is 0 Å². The molecule has 0 bridgehead atoms. The summed E-state index contributed by atoms with van der Waals surface area (Å²) in [6, 6.07) is 5.88. The van der Waals surface area contributed by atoms with Crippen LogP contribution in [-0.4, -0.2) is 37.2 Å². The smallest absolute Gasteiger partial charge is 0.325 e. The molecule has 1 unspecified atom stereocenters. The van der Waals surface area contributed by atoms with Gasteiger partial charge in [0.1, 0.15) is 11.3 Å². The van der Waals surface area contributed by atoms with Gasteiger partial charge in [0.25, 0.3) is 5.69 Å². The number of hydrogen-bond acceptors (Lipinski definition) is 6. The van der Waals surface area contributed by atoms with Crippen LogP contribution >= 0.6 is 0 Å². The number of hydrogen-bond donors (Lipinski definition) is 1. The fourth-order valence-electron chi connectivity index (χ4n) is 1.83. The van der Waals surface area contributed by atoms with Crippen molar-refractivity contribution >= 4 is 11.7 Å². The number of nitrogens with zero attached hydrogens (tertiary/aromatic N) is 1. The first-order valence-electron chi connectivity index (χ1n) is 6.57. The highest BCUT2D eigenvalue weighted by Crippen LogP contribution is 2.18. The molecule has 0 fully saturated rings. The minimum Gasteiger partial charge on any atom is -0.494 e. The van der Waals surface area contributed by atoms with E-state index in [1.165, 1.54) is 19.2 Å². The predicted molar refractivity (Wildman–Crippen MR) is 77.3 cm³/mol. The van der Waals surface area contributed by atoms with Gasteiger partial charge >= 0.3 is 5.97 Å². The Morgan fingerprint density at radius 2 is 2.00 bits per heavy atom. The molecule has 0 spiro atoms. The number of nitro groups is 1. The van der Waals surface area contributed by atoms with E-state index in [-0.39, 0.29) is 11.7 Å². The third-order valence-corrected chi connectivity index (χ3v) is 3.33. The van der Waals surface area contributed by atoms with Gasteiger partial charge in [-0.1, -0.05) is 0 Å². The second-order valence-corrected chi connectivity index (χ2v) is 4.78. The average molecular weight is 296 g/mol. The van der Waals surface area contributed by atoms with E-state index in [1.807, 2.05) is 0 Å². The Morgan fingerprint density at radius 3 is 2.48 bits per heavy atom. The molecule has 0 aliphatic heterocycles. The molecule has 1 N–H and O–H groups in total. The normalized spacial score (nSPS) is 13.3. The maximum absolute atomic E-state index is 11.6. The Balaban J connectivity index is 2.43. The van der Waals surface area contributed by atoms with Crippen LogP contribution in [-0.2, 0) is 9.53 Å². The Labute approximate surface area is 123 Å². The van der Waals surface area contributed by atoms with Crippen molar-refractivity contribution in [3.05, 3.63) is 34.4 Å². The lowest BCUT2D eigenvalue weighted by atomic mass is 9.96. The van der Waals surface area contributed by atoms with Crippen LogP contribution in [0.3, 0.4) is 0 Å². The van der Waals surface area contributed by atoms with Crippen molar-refractivity contribution in [3.63, 3.8) is 0 Å². The molecule has 116 valence electrons. The highest BCUT2D eigenvalue weighted by Gasteiger charge is 2.31. The third kappa shape index (κ3) is 4.71. The fourth-order valence-corrected chi connectivity index (χ4v) is 1.83. The highest BCUT2D eigenvalue weighted by atomic mass is 16.6. The topological polar surface area (TPSA) is 90.7 Å². The van der Waals surface area contributed by atoms with Crippen molar-refractivity contribution in [2.45, 2.75) is 25.3 Å². The van der Waals surface area contributed by atoms with Crippen molar-refractivity contribution in [2.24, 2.45) is 0 Å². The maximum Gasteiger partial charge on any atom is 0.325 e. The minimum atomic E-state index is -0.742. The van der Waals surface area contributed by atoms with Crippen LogP contribution in [0.4, 0.5) is 5.69 Å². The van der Waals surface area contributed by atoms with Gasteiger partial charge in [0, 0.05) is 12.1 Å². The van der Waals surface area contributed by atoms with Crippen LogP contribution < -0.4 is 10.1 Å². The zero-order valence-corrected chi connectivity index (χ0v) is 12.4. The molecule has 0 saturated heterocycles. The SMILES string of the molecule is CNC(C)(CCCOc1ccc([N+](=O)[O-])cc1)C(=O)OC. The number of likely N-dealkylation sites (N-methyl/N-ethyl adjacent to an activating group) is 1. The van der Waals surface area contributed by atoms with Gasteiger partial charge in [-0.05, 0) is 38.9 Å². The molecule has 1 aromatic rings. The van der Waals surface area contributed by atoms with Crippen LogP contribution in [0, 0.1) is 10.1 Å². The third-order valence-electron chi connectivity index (χ3n) is 3.33. The number of carbonyl (C=O) groups excluding carboxylic acids is 1. The summed E-state index contributed by atoms with van der Waals surface area (Å²) in [6.07, 6.45) is 1.20. The largest absolute Gasteiger partial charge is 0.494 e. The van der Waals surface area contributed by atoms with Crippen molar-refractivity contribution < 1.29 is 19.2 Å². The van der Waals surface area contributed by atoms with Gasteiger partial charge in [-0.3, -0.25) is 14.9 Å². The zero-order chi connectivity index (χ0) is 15.9. The molecular formula is C14H20N2O5. The van der Waals surface area contributed by atoms with E-state index in [0.717, 1.165) is 0 Å². The molecule has 21 heavy (non-hydrogen) atoms. The van der Waals surface area contributed by atoms with Crippen molar-refractivity contribution in [3.8, 4) is 5.75 Å². The highest BCUT2D eigenvalue weighted by molar-refractivity contribution is 5.80. The number of benzene rings is 1. The van der Waals surface area contributed by atoms with Crippen LogP contribution in [0.15, 0.2) is 24.3 Å². The summed E-state index contributed by atoms with van der Waals surface area (Å²) in [7, 11) is 3.05. The van der Waals surface area contributed by atoms with Crippen molar-refractivity contribution in [2.75, 3.05) is 20.8 Å². The number of ether oxygens (including phenoxy) is 2. The van der Waals surface area contributed by atoms with Crippen LogP contribution in [0.1, 0.15) is 19.8 Å². The molecule has 1 rings (SSSR count). The van der Waals surface area contributed by atoms with E-state index < -0.39 is 10.5 Å². The Morgan fingerprint density at radius 1 is 1.38 bits per heavy atom. The predicted octanol–water partition coefficient (Wildman–Crippen LogP) is 1.90. The lowest BCUT2D eigenvalue weighted by Crippen LogP contribution is -2.48. The van der Waals surface area contributed by atoms with Crippen molar-refractivity contribution in [1.29, 1.82) is 0 Å². The lowest BCUT2D eigenvalue weighted by Gasteiger charge is -2.25. The quantitative estimate of drug-likeness (QED) is 0.341. The Kier molecular flexibility index (Phi) is 6.10. The van der Waals surface area contributed by atoms with E-state index in [4.69, 9.17) is 9.47 Å². The maximum atomic E-state index is 11.6. The Hall–Kier alpha value is -2.15. The monoisotopic (exact) mass is 296 g/mol.